The minimum Gasteiger partial charge on any atom is -0.480 e. The predicted molar refractivity (Wildman–Crippen MR) is 90.1 cm³/mol. The van der Waals surface area contributed by atoms with Crippen molar-refractivity contribution >= 4 is 21.9 Å². The van der Waals surface area contributed by atoms with Crippen LogP contribution in [0.5, 0.6) is 0 Å². The summed E-state index contributed by atoms with van der Waals surface area (Å²) >= 11 is 0. The molecule has 0 aliphatic carbocycles. The number of ether oxygens (including phenoxy) is 1. The summed E-state index contributed by atoms with van der Waals surface area (Å²) < 4.78 is 34.9. The van der Waals surface area contributed by atoms with Gasteiger partial charge in [0, 0.05) is 25.2 Å². The summed E-state index contributed by atoms with van der Waals surface area (Å²) in [5.74, 6) is -0.806. The van der Waals surface area contributed by atoms with Crippen molar-refractivity contribution in [3.8, 4) is 0 Å². The molecule has 1 amide bonds. The molecule has 1 aliphatic rings. The first-order valence-corrected chi connectivity index (χ1v) is 9.90. The molecule has 0 radical (unpaired) electrons. The number of aromatic nitrogens is 1. The van der Waals surface area contributed by atoms with E-state index in [0.29, 0.717) is 18.0 Å². The molecule has 26 heavy (non-hydrogen) atoms. The molecule has 1 fully saturated rings. The van der Waals surface area contributed by atoms with Gasteiger partial charge in [0.2, 0.25) is 15.9 Å². The fraction of sp³-hybridized carbons (Fsp3) is 0.667. The van der Waals surface area contributed by atoms with Gasteiger partial charge in [0.1, 0.15) is 12.3 Å². The minimum absolute atomic E-state index is 0.125. The first-order valence-electron chi connectivity index (χ1n) is 8.06. The van der Waals surface area contributed by atoms with E-state index in [0.717, 1.165) is 16.1 Å². The molecule has 1 N–H and O–H groups in total. The minimum atomic E-state index is -3.70. The van der Waals surface area contributed by atoms with Crippen LogP contribution in [0.2, 0.25) is 0 Å². The van der Waals surface area contributed by atoms with Crippen molar-refractivity contribution in [2.75, 3.05) is 39.0 Å². The fourth-order valence-electron chi connectivity index (χ4n) is 2.77. The fourth-order valence-corrected chi connectivity index (χ4v) is 3.55. The van der Waals surface area contributed by atoms with Gasteiger partial charge in [-0.3, -0.25) is 9.59 Å². The lowest BCUT2D eigenvalue weighted by atomic mass is 10.1. The maximum Gasteiger partial charge on any atom is 0.318 e. The Hall–Kier alpha value is -1.98. The number of aliphatic carboxylic acids is 1. The maximum absolute atomic E-state index is 12.6. The third-order valence-corrected chi connectivity index (χ3v) is 5.40. The van der Waals surface area contributed by atoms with Crippen LogP contribution in [0, 0.1) is 13.8 Å². The van der Waals surface area contributed by atoms with Gasteiger partial charge in [-0.2, -0.15) is 4.31 Å². The summed E-state index contributed by atoms with van der Waals surface area (Å²) in [5, 5.41) is 12.7. The summed E-state index contributed by atoms with van der Waals surface area (Å²) in [6.45, 7) is 3.55. The second-order valence-electron chi connectivity index (χ2n) is 6.26. The van der Waals surface area contributed by atoms with E-state index in [4.69, 9.17) is 14.4 Å². The number of aryl methyl sites for hydroxylation is 2. The number of hydrogen-bond acceptors (Lipinski definition) is 7. The van der Waals surface area contributed by atoms with E-state index < -0.39 is 28.6 Å². The Morgan fingerprint density at radius 3 is 2.62 bits per heavy atom. The summed E-state index contributed by atoms with van der Waals surface area (Å²) in [4.78, 5) is 25.0. The summed E-state index contributed by atoms with van der Waals surface area (Å²) in [6.07, 6.45) is 0.490. The number of carbonyl (C=O) groups excluding carboxylic acids is 1. The Kier molecular flexibility index (Phi) is 6.37. The molecule has 146 valence electrons. The quantitative estimate of drug-likeness (QED) is 0.655. The number of nitrogens with zero attached hydrogens (tertiary/aromatic N) is 3. The zero-order valence-corrected chi connectivity index (χ0v) is 15.8. The zero-order valence-electron chi connectivity index (χ0n) is 15.0. The Morgan fingerprint density at radius 1 is 1.38 bits per heavy atom. The number of morpholine rings is 1. The number of rotatable bonds is 7. The lowest BCUT2D eigenvalue weighted by Gasteiger charge is -2.35. The second-order valence-corrected chi connectivity index (χ2v) is 8.24. The molecule has 11 heteroatoms. The SMILES string of the molecule is Cc1noc(C)c1CC(=O)N1CCOC(CN(CC(=O)O)S(C)(=O)=O)C1. The molecule has 1 saturated heterocycles. The van der Waals surface area contributed by atoms with Gasteiger partial charge in [0.25, 0.3) is 0 Å². The van der Waals surface area contributed by atoms with Gasteiger partial charge in [-0.1, -0.05) is 5.16 Å². The third kappa shape index (κ3) is 5.26. The van der Waals surface area contributed by atoms with E-state index in [2.05, 4.69) is 5.16 Å². The number of carboxylic acids is 1. The second kappa shape index (κ2) is 8.14. The average molecular weight is 389 g/mol. The van der Waals surface area contributed by atoms with Crippen LogP contribution in [0.3, 0.4) is 0 Å². The molecule has 2 rings (SSSR count). The number of sulfonamides is 1. The van der Waals surface area contributed by atoms with E-state index in [1.807, 2.05) is 0 Å². The van der Waals surface area contributed by atoms with Crippen molar-refractivity contribution < 1.29 is 32.4 Å². The van der Waals surface area contributed by atoms with Gasteiger partial charge in [-0.05, 0) is 13.8 Å². The highest BCUT2D eigenvalue weighted by molar-refractivity contribution is 7.88. The van der Waals surface area contributed by atoms with Crippen molar-refractivity contribution in [1.82, 2.24) is 14.4 Å². The van der Waals surface area contributed by atoms with Gasteiger partial charge in [-0.25, -0.2) is 8.42 Å². The third-order valence-electron chi connectivity index (χ3n) is 4.19. The van der Waals surface area contributed by atoms with Crippen LogP contribution in [0.1, 0.15) is 17.0 Å². The zero-order chi connectivity index (χ0) is 19.5. The van der Waals surface area contributed by atoms with Gasteiger partial charge >= 0.3 is 5.97 Å². The molecule has 1 aliphatic heterocycles. The highest BCUT2D eigenvalue weighted by atomic mass is 32.2. The highest BCUT2D eigenvalue weighted by Crippen LogP contribution is 2.16. The van der Waals surface area contributed by atoms with Gasteiger partial charge in [0.15, 0.2) is 0 Å². The molecule has 10 nitrogen and oxygen atoms in total. The number of amides is 1. The van der Waals surface area contributed by atoms with E-state index >= 15 is 0 Å². The molecule has 2 heterocycles. The van der Waals surface area contributed by atoms with Gasteiger partial charge in [0.05, 0.1) is 31.1 Å². The normalized spacial score (nSPS) is 18.3. The standard InChI is InChI=1S/C15H23N3O7S/c1-10-13(11(2)25-16-10)6-14(19)17-4-5-24-12(7-17)8-18(9-15(20)21)26(3,22)23/h12H,4-9H2,1-3H3,(H,20,21). The van der Waals surface area contributed by atoms with Crippen LogP contribution >= 0.6 is 0 Å². The van der Waals surface area contributed by atoms with Crippen molar-refractivity contribution in [2.45, 2.75) is 26.4 Å². The molecule has 0 bridgehead atoms. The summed E-state index contributed by atoms with van der Waals surface area (Å²) in [7, 11) is -3.70. The van der Waals surface area contributed by atoms with Crippen molar-refractivity contribution in [1.29, 1.82) is 0 Å². The Bertz CT molecular complexity index is 755. The lowest BCUT2D eigenvalue weighted by Crippen LogP contribution is -2.51. The predicted octanol–water partition coefficient (Wildman–Crippen LogP) is -0.592. The van der Waals surface area contributed by atoms with E-state index in [1.54, 1.807) is 18.7 Å². The van der Waals surface area contributed by atoms with Gasteiger partial charge < -0.3 is 19.3 Å². The molecule has 1 unspecified atom stereocenters. The monoisotopic (exact) mass is 389 g/mol. The first kappa shape index (κ1) is 20.3. The summed E-state index contributed by atoms with van der Waals surface area (Å²) in [5.41, 5.74) is 1.40. The van der Waals surface area contributed by atoms with Crippen molar-refractivity contribution in [3.63, 3.8) is 0 Å². The molecule has 0 aromatic carbocycles. The van der Waals surface area contributed by atoms with E-state index in [9.17, 15) is 18.0 Å². The summed E-state index contributed by atoms with van der Waals surface area (Å²) in [6, 6.07) is 0. The first-order chi connectivity index (χ1) is 12.1. The Labute approximate surface area is 151 Å². The smallest absolute Gasteiger partial charge is 0.318 e. The van der Waals surface area contributed by atoms with Crippen LogP contribution in [-0.4, -0.2) is 84.9 Å². The van der Waals surface area contributed by atoms with Crippen molar-refractivity contribution in [3.05, 3.63) is 17.0 Å². The van der Waals surface area contributed by atoms with Crippen LogP contribution in [0.25, 0.3) is 0 Å². The molecule has 0 saturated carbocycles. The van der Waals surface area contributed by atoms with Crippen LogP contribution in [-0.2, 0) is 30.8 Å². The van der Waals surface area contributed by atoms with E-state index in [-0.39, 0.29) is 32.0 Å². The molecule has 0 spiro atoms. The largest absolute Gasteiger partial charge is 0.480 e. The Balaban J connectivity index is 2.01. The lowest BCUT2D eigenvalue weighted by molar-refractivity contribution is -0.140. The molecular weight excluding hydrogens is 366 g/mol. The van der Waals surface area contributed by atoms with Crippen LogP contribution in [0.15, 0.2) is 4.52 Å². The average Bonchev–Trinajstić information content (AvgIpc) is 2.85. The molecule has 1 aromatic heterocycles. The number of hydrogen-bond donors (Lipinski definition) is 1. The topological polar surface area (TPSA) is 130 Å². The number of carboxylic acid groups (broad SMARTS) is 1. The number of carbonyl (C=O) groups is 2. The van der Waals surface area contributed by atoms with Crippen molar-refractivity contribution in [2.24, 2.45) is 0 Å². The van der Waals surface area contributed by atoms with E-state index in [1.165, 1.54) is 0 Å². The highest BCUT2D eigenvalue weighted by Gasteiger charge is 2.30. The van der Waals surface area contributed by atoms with Crippen LogP contribution in [0.4, 0.5) is 0 Å². The van der Waals surface area contributed by atoms with Crippen LogP contribution < -0.4 is 0 Å². The maximum atomic E-state index is 12.6. The molecule has 1 aromatic rings. The van der Waals surface area contributed by atoms with Gasteiger partial charge in [-0.15, -0.1) is 0 Å². The molecular formula is C15H23N3O7S. The Morgan fingerprint density at radius 2 is 2.08 bits per heavy atom. The molecule has 1 atom stereocenters.